The molecule has 0 spiro atoms. The van der Waals surface area contributed by atoms with Crippen molar-refractivity contribution in [1.82, 2.24) is 0 Å². The summed E-state index contributed by atoms with van der Waals surface area (Å²) in [7, 11) is 2.26. The molecule has 1 nitrogen and oxygen atoms in total. The molecule has 1 aromatic carbocycles. The number of hydrogen-bond acceptors (Lipinski definition) is 1. The van der Waals surface area contributed by atoms with Crippen LogP contribution in [0.5, 0.6) is 0 Å². The molecule has 1 aromatic rings. The molecular formula is C28H51N. The Bertz CT molecular complexity index is 496. The van der Waals surface area contributed by atoms with Crippen molar-refractivity contribution in [1.29, 1.82) is 0 Å². The Hall–Kier alpha value is -0.980. The van der Waals surface area contributed by atoms with Crippen LogP contribution in [0.1, 0.15) is 126 Å². The topological polar surface area (TPSA) is 3.24 Å². The smallest absolute Gasteiger partial charge is 0.0423 e. The molecule has 0 amide bonds. The van der Waals surface area contributed by atoms with Crippen molar-refractivity contribution in [3.05, 3.63) is 28.8 Å². The van der Waals surface area contributed by atoms with Gasteiger partial charge < -0.3 is 4.90 Å². The lowest BCUT2D eigenvalue weighted by Gasteiger charge is -2.24. The molecule has 0 aliphatic rings. The summed E-state index contributed by atoms with van der Waals surface area (Å²) in [5, 5.41) is 0. The summed E-state index contributed by atoms with van der Waals surface area (Å²) in [4.78, 5) is 2.47. The van der Waals surface area contributed by atoms with Crippen molar-refractivity contribution in [2.75, 3.05) is 18.5 Å². The van der Waals surface area contributed by atoms with Crippen LogP contribution in [0.15, 0.2) is 12.1 Å². The van der Waals surface area contributed by atoms with Gasteiger partial charge in [0, 0.05) is 19.3 Å². The van der Waals surface area contributed by atoms with Crippen LogP contribution in [0, 0.1) is 20.8 Å². The van der Waals surface area contributed by atoms with Gasteiger partial charge in [-0.3, -0.25) is 0 Å². The minimum Gasteiger partial charge on any atom is -0.374 e. The monoisotopic (exact) mass is 401 g/mol. The van der Waals surface area contributed by atoms with Crippen LogP contribution < -0.4 is 4.90 Å². The highest BCUT2D eigenvalue weighted by Gasteiger charge is 2.08. The largest absolute Gasteiger partial charge is 0.374 e. The molecule has 1 heteroatoms. The molecule has 0 atom stereocenters. The van der Waals surface area contributed by atoms with Crippen LogP contribution in [0.25, 0.3) is 0 Å². The van der Waals surface area contributed by atoms with Crippen LogP contribution in [0.3, 0.4) is 0 Å². The van der Waals surface area contributed by atoms with Crippen LogP contribution in [-0.4, -0.2) is 13.6 Å². The van der Waals surface area contributed by atoms with Crippen molar-refractivity contribution in [3.63, 3.8) is 0 Å². The van der Waals surface area contributed by atoms with Gasteiger partial charge in [-0.2, -0.15) is 0 Å². The second-order valence-corrected chi connectivity index (χ2v) is 9.47. The molecule has 0 N–H and O–H groups in total. The molecular weight excluding hydrogens is 350 g/mol. The standard InChI is InChI=1S/C28H51N/c1-6-7-8-9-10-11-12-13-14-15-16-17-18-19-20-21-22-29(5)28-26(3)23-25(2)24-27(28)4/h23-24H,6-22H2,1-5H3. The molecule has 0 aliphatic heterocycles. The maximum atomic E-state index is 2.47. The van der Waals surface area contributed by atoms with Crippen LogP contribution in [0.4, 0.5) is 5.69 Å². The van der Waals surface area contributed by atoms with Gasteiger partial charge in [-0.15, -0.1) is 0 Å². The molecule has 0 unspecified atom stereocenters. The van der Waals surface area contributed by atoms with Crippen molar-refractivity contribution < 1.29 is 0 Å². The second kappa shape index (κ2) is 16.8. The van der Waals surface area contributed by atoms with Gasteiger partial charge in [0.25, 0.3) is 0 Å². The number of rotatable bonds is 18. The van der Waals surface area contributed by atoms with Gasteiger partial charge in [-0.25, -0.2) is 0 Å². The van der Waals surface area contributed by atoms with Gasteiger partial charge in [0.15, 0.2) is 0 Å². The lowest BCUT2D eigenvalue weighted by Crippen LogP contribution is -2.20. The van der Waals surface area contributed by atoms with Crippen LogP contribution in [-0.2, 0) is 0 Å². The van der Waals surface area contributed by atoms with Crippen LogP contribution in [0.2, 0.25) is 0 Å². The number of aryl methyl sites for hydroxylation is 3. The fraction of sp³-hybridized carbons (Fsp3) is 0.786. The number of unbranched alkanes of at least 4 members (excludes halogenated alkanes) is 15. The molecule has 0 radical (unpaired) electrons. The molecule has 0 saturated carbocycles. The van der Waals surface area contributed by atoms with E-state index in [9.17, 15) is 0 Å². The van der Waals surface area contributed by atoms with E-state index < -0.39 is 0 Å². The van der Waals surface area contributed by atoms with Crippen molar-refractivity contribution in [3.8, 4) is 0 Å². The Labute approximate surface area is 183 Å². The Morgan fingerprint density at radius 2 is 0.897 bits per heavy atom. The SMILES string of the molecule is CCCCCCCCCCCCCCCCCCN(C)c1c(C)cc(C)cc1C. The average molecular weight is 402 g/mol. The van der Waals surface area contributed by atoms with Crippen LogP contribution >= 0.6 is 0 Å². The zero-order valence-electron chi connectivity index (χ0n) is 20.6. The molecule has 1 rings (SSSR count). The molecule has 0 saturated heterocycles. The van der Waals surface area contributed by atoms with Gasteiger partial charge in [0.05, 0.1) is 0 Å². The number of benzene rings is 1. The molecule has 0 fully saturated rings. The summed E-state index contributed by atoms with van der Waals surface area (Å²) < 4.78 is 0. The summed E-state index contributed by atoms with van der Waals surface area (Å²) in [5.41, 5.74) is 5.65. The van der Waals surface area contributed by atoms with E-state index in [4.69, 9.17) is 0 Å². The third-order valence-corrected chi connectivity index (χ3v) is 6.36. The molecule has 0 aliphatic carbocycles. The molecule has 0 bridgehead atoms. The predicted octanol–water partition coefficient (Wildman–Crippen LogP) is 9.31. The Morgan fingerprint density at radius 3 is 1.28 bits per heavy atom. The molecule has 0 aromatic heterocycles. The maximum absolute atomic E-state index is 2.47. The van der Waals surface area contributed by atoms with Crippen molar-refractivity contribution in [2.24, 2.45) is 0 Å². The van der Waals surface area contributed by atoms with Gasteiger partial charge in [-0.1, -0.05) is 121 Å². The first-order valence-corrected chi connectivity index (χ1v) is 12.8. The number of hydrogen-bond donors (Lipinski definition) is 0. The summed E-state index contributed by atoms with van der Waals surface area (Å²) in [6, 6.07) is 4.62. The normalized spacial score (nSPS) is 11.2. The Balaban J connectivity index is 1.91. The van der Waals surface area contributed by atoms with Gasteiger partial charge >= 0.3 is 0 Å². The summed E-state index contributed by atoms with van der Waals surface area (Å²) in [5.74, 6) is 0. The van der Waals surface area contributed by atoms with Crippen molar-refractivity contribution >= 4 is 5.69 Å². The minimum atomic E-state index is 1.18. The number of nitrogens with zero attached hydrogens (tertiary/aromatic N) is 1. The second-order valence-electron chi connectivity index (χ2n) is 9.47. The van der Waals surface area contributed by atoms with Gasteiger partial charge in [0.2, 0.25) is 0 Å². The third kappa shape index (κ3) is 12.3. The van der Waals surface area contributed by atoms with Gasteiger partial charge in [-0.05, 0) is 38.3 Å². The zero-order valence-corrected chi connectivity index (χ0v) is 20.6. The van der Waals surface area contributed by atoms with E-state index in [1.807, 2.05) is 0 Å². The quantitative estimate of drug-likeness (QED) is 0.221. The average Bonchev–Trinajstić information content (AvgIpc) is 2.67. The fourth-order valence-corrected chi connectivity index (χ4v) is 4.78. The Morgan fingerprint density at radius 1 is 0.552 bits per heavy atom. The minimum absolute atomic E-state index is 1.18. The van der Waals surface area contributed by atoms with Crippen molar-refractivity contribution in [2.45, 2.75) is 130 Å². The molecule has 168 valence electrons. The third-order valence-electron chi connectivity index (χ3n) is 6.36. The Kier molecular flexibility index (Phi) is 15.1. The lowest BCUT2D eigenvalue weighted by molar-refractivity contribution is 0.529. The van der Waals surface area contributed by atoms with E-state index in [1.165, 1.54) is 132 Å². The first-order chi connectivity index (χ1) is 14.1. The predicted molar refractivity (Wildman–Crippen MR) is 133 cm³/mol. The molecule has 29 heavy (non-hydrogen) atoms. The van der Waals surface area contributed by atoms with Gasteiger partial charge in [0.1, 0.15) is 0 Å². The summed E-state index contributed by atoms with van der Waals surface area (Å²) in [6.45, 7) is 10.2. The molecule has 0 heterocycles. The van der Waals surface area contributed by atoms with E-state index in [0.717, 1.165) is 0 Å². The van der Waals surface area contributed by atoms with E-state index in [0.29, 0.717) is 0 Å². The fourth-order valence-electron chi connectivity index (χ4n) is 4.78. The number of anilines is 1. The highest BCUT2D eigenvalue weighted by atomic mass is 15.1. The summed E-state index contributed by atoms with van der Waals surface area (Å²) in [6.07, 6.45) is 23.0. The summed E-state index contributed by atoms with van der Waals surface area (Å²) >= 11 is 0. The highest BCUT2D eigenvalue weighted by Crippen LogP contribution is 2.25. The highest BCUT2D eigenvalue weighted by molar-refractivity contribution is 5.59. The maximum Gasteiger partial charge on any atom is 0.0423 e. The zero-order chi connectivity index (χ0) is 21.3. The van der Waals surface area contributed by atoms with E-state index in [1.54, 1.807) is 0 Å². The van der Waals surface area contributed by atoms with E-state index in [2.05, 4.69) is 51.8 Å². The van der Waals surface area contributed by atoms with E-state index >= 15 is 0 Å². The first kappa shape index (κ1) is 26.1. The van der Waals surface area contributed by atoms with E-state index in [-0.39, 0.29) is 0 Å². The first-order valence-electron chi connectivity index (χ1n) is 12.8. The lowest BCUT2D eigenvalue weighted by atomic mass is 10.0.